The minimum atomic E-state index is -2.23. The maximum Gasteiger partial charge on any atom is 0.0586 e. The average molecular weight is 382 g/mol. The van der Waals surface area contributed by atoms with Crippen LogP contribution < -0.4 is 4.72 Å². The topological polar surface area (TPSA) is 52.2 Å². The number of nitrogens with one attached hydrogen (secondary N) is 1. The summed E-state index contributed by atoms with van der Waals surface area (Å²) in [6.45, 7) is 8.00. The largest absolute Gasteiger partial charge is 0.755 e. The van der Waals surface area contributed by atoms with Crippen LogP contribution in [0.4, 0.5) is 5.69 Å². The van der Waals surface area contributed by atoms with Gasteiger partial charge in [-0.15, -0.1) is 0 Å². The third-order valence-corrected chi connectivity index (χ3v) is 2.39. The predicted octanol–water partition coefficient (Wildman–Crippen LogP) is 3.55. The van der Waals surface area contributed by atoms with Crippen molar-refractivity contribution in [3.63, 3.8) is 0 Å². The second kappa shape index (κ2) is 16.1. The molecule has 1 aromatic rings. The van der Waals surface area contributed by atoms with Gasteiger partial charge in [0.15, 0.2) is 0 Å². The van der Waals surface area contributed by atoms with E-state index in [2.05, 4.69) is 27.3 Å². The first kappa shape index (κ1) is 22.3. The van der Waals surface area contributed by atoms with E-state index in [1.165, 1.54) is 0 Å². The molecule has 1 rings (SSSR count). The van der Waals surface area contributed by atoms with Crippen molar-refractivity contribution in [2.24, 2.45) is 0 Å². The molecule has 1 atom stereocenters. The van der Waals surface area contributed by atoms with Crippen molar-refractivity contribution < 1.29 is 46.5 Å². The number of benzene rings is 1. The zero-order valence-corrected chi connectivity index (χ0v) is 13.4. The molecule has 0 aliphatic heterocycles. The summed E-state index contributed by atoms with van der Waals surface area (Å²) in [5, 5.41) is 0. The van der Waals surface area contributed by atoms with Crippen molar-refractivity contribution in [1.82, 2.24) is 0 Å². The van der Waals surface area contributed by atoms with Crippen molar-refractivity contribution in [3.8, 4) is 0 Å². The first-order valence-corrected chi connectivity index (χ1v) is 6.96. The Kier molecular flexibility index (Phi) is 22.5. The van der Waals surface area contributed by atoms with Gasteiger partial charge in [-0.2, -0.15) is 0 Å². The van der Waals surface area contributed by atoms with Gasteiger partial charge in [-0.05, 0) is 34.7 Å². The van der Waals surface area contributed by atoms with Crippen LogP contribution in [0.5, 0.6) is 0 Å². The molecule has 0 saturated heterocycles. The third-order valence-electron chi connectivity index (χ3n) is 1.07. The number of para-hydroxylation sites is 1. The molecule has 96 valence electrons. The fourth-order valence-corrected chi connectivity index (χ4v) is 1.70. The van der Waals surface area contributed by atoms with Gasteiger partial charge in [0.25, 0.3) is 0 Å². The molecule has 0 fully saturated rings. The predicted molar refractivity (Wildman–Crippen MR) is 74.4 cm³/mol. The first-order valence-electron chi connectivity index (χ1n) is 4.80. The monoisotopic (exact) mass is 382 g/mol. The molecule has 1 unspecified atom stereocenters. The summed E-state index contributed by atoms with van der Waals surface area (Å²) in [6, 6.07) is 7.16. The minimum Gasteiger partial charge on any atom is -0.755 e. The first-order chi connectivity index (χ1) is 7.20. The van der Waals surface area contributed by atoms with Crippen LogP contribution in [0.15, 0.2) is 24.3 Å². The van der Waals surface area contributed by atoms with Crippen LogP contribution in [0, 0.1) is 41.3 Å². The van der Waals surface area contributed by atoms with E-state index in [-0.39, 0.29) is 37.7 Å². The quantitative estimate of drug-likeness (QED) is 0.629. The Balaban J connectivity index is -0.000000305. The summed E-state index contributed by atoms with van der Waals surface area (Å²) < 4.78 is 23.6. The molecule has 0 aliphatic rings. The zero-order chi connectivity index (χ0) is 12.3. The third kappa shape index (κ3) is 11.6. The van der Waals surface area contributed by atoms with E-state index in [4.69, 9.17) is 0 Å². The summed E-state index contributed by atoms with van der Waals surface area (Å²) in [7, 11) is 0. The number of hydrogen-bond acceptors (Lipinski definition) is 2. The molecule has 0 aromatic heterocycles. The smallest absolute Gasteiger partial charge is 0.0586 e. The number of rotatable bonds is 2. The van der Waals surface area contributed by atoms with Crippen LogP contribution in [0.1, 0.15) is 27.7 Å². The molecule has 0 saturated carbocycles. The summed E-state index contributed by atoms with van der Waals surface area (Å²) in [6.07, 6.45) is 0. The molecule has 0 amide bonds. The zero-order valence-electron chi connectivity index (χ0n) is 9.77. The van der Waals surface area contributed by atoms with E-state index in [1.807, 2.05) is 39.8 Å². The van der Waals surface area contributed by atoms with Crippen molar-refractivity contribution >= 4 is 39.5 Å². The Morgan fingerprint density at radius 1 is 1.19 bits per heavy atom. The molecule has 0 heterocycles. The molecule has 0 bridgehead atoms. The second-order valence-corrected chi connectivity index (χ2v) is 3.65. The van der Waals surface area contributed by atoms with Crippen molar-refractivity contribution in [2.75, 3.05) is 4.72 Å². The number of hydrogen-bond donors (Lipinski definition) is 1. The molecule has 0 spiro atoms. The Morgan fingerprint density at radius 3 is 2.00 bits per heavy atom. The van der Waals surface area contributed by atoms with Crippen LogP contribution in [0.2, 0.25) is 0 Å². The van der Waals surface area contributed by atoms with Gasteiger partial charge in [-0.3, -0.25) is 4.21 Å². The molecule has 0 aliphatic carbocycles. The van der Waals surface area contributed by atoms with Gasteiger partial charge >= 0.3 is 0 Å². The Morgan fingerprint density at radius 2 is 1.62 bits per heavy atom. The summed E-state index contributed by atoms with van der Waals surface area (Å²) >= 11 is -0.174. The van der Waals surface area contributed by atoms with Crippen LogP contribution in [0.3, 0.4) is 0 Å². The molecule has 3 nitrogen and oxygen atoms in total. The van der Waals surface area contributed by atoms with Gasteiger partial charge in [0.2, 0.25) is 0 Å². The molecule has 0 radical (unpaired) electrons. The average Bonchev–Trinajstić information content (AvgIpc) is 2.27. The van der Waals surface area contributed by atoms with Crippen molar-refractivity contribution in [1.29, 1.82) is 0 Å². The van der Waals surface area contributed by atoms with E-state index in [1.54, 1.807) is 12.1 Å². The molecular formula is C10H17ArINO2S-. The molecule has 1 N–H and O–H groups in total. The Labute approximate surface area is 144 Å². The standard InChI is InChI=1S/C6H6INO2S.2C2H6.Ar/c7-5-3-1-2-4-6(5)8-11(9)10;2*1-2;/h1-4,8H,(H,9,10);2*1-2H3;/p-1. The van der Waals surface area contributed by atoms with Gasteiger partial charge in [-0.25, -0.2) is 0 Å². The Hall–Kier alpha value is 1.12. The summed E-state index contributed by atoms with van der Waals surface area (Å²) in [5.74, 6) is 0. The van der Waals surface area contributed by atoms with Crippen molar-refractivity contribution in [3.05, 3.63) is 27.8 Å². The summed E-state index contributed by atoms with van der Waals surface area (Å²) in [4.78, 5) is 0. The van der Waals surface area contributed by atoms with E-state index >= 15 is 0 Å². The summed E-state index contributed by atoms with van der Waals surface area (Å²) in [5.41, 5.74) is 0.612. The normalized spacial score (nSPS) is 9.38. The van der Waals surface area contributed by atoms with E-state index in [9.17, 15) is 8.76 Å². The fraction of sp³-hybridized carbons (Fsp3) is 0.400. The molecule has 6 heteroatoms. The van der Waals surface area contributed by atoms with E-state index in [0.717, 1.165) is 3.57 Å². The van der Waals surface area contributed by atoms with Gasteiger partial charge in [0, 0.05) is 52.6 Å². The molecule has 16 heavy (non-hydrogen) atoms. The van der Waals surface area contributed by atoms with Crippen LogP contribution in [-0.4, -0.2) is 8.76 Å². The van der Waals surface area contributed by atoms with Gasteiger partial charge in [0.05, 0.1) is 5.69 Å². The second-order valence-electron chi connectivity index (χ2n) is 1.82. The minimum absolute atomic E-state index is 0. The maximum absolute atomic E-state index is 10.2. The van der Waals surface area contributed by atoms with Crippen LogP contribution in [0.25, 0.3) is 0 Å². The maximum atomic E-state index is 10.2. The Bertz CT molecular complexity index is 287. The van der Waals surface area contributed by atoms with Crippen LogP contribution in [-0.2, 0) is 11.3 Å². The SMILES string of the molecule is CC.CC.O=S([O-])Nc1ccccc1I.[Ar]. The number of anilines is 1. The van der Waals surface area contributed by atoms with Gasteiger partial charge < -0.3 is 9.27 Å². The molecule has 1 aromatic carbocycles. The fourth-order valence-electron chi connectivity index (χ4n) is 0.634. The van der Waals surface area contributed by atoms with Crippen molar-refractivity contribution in [2.45, 2.75) is 27.7 Å². The van der Waals surface area contributed by atoms with Crippen LogP contribution >= 0.6 is 22.6 Å². The molecular weight excluding hydrogens is 365 g/mol. The van der Waals surface area contributed by atoms with Gasteiger partial charge in [0.1, 0.15) is 0 Å². The van der Waals surface area contributed by atoms with Gasteiger partial charge in [-0.1, -0.05) is 39.8 Å². The number of halogens is 1. The van der Waals surface area contributed by atoms with E-state index < -0.39 is 11.3 Å². The van der Waals surface area contributed by atoms with E-state index in [0.29, 0.717) is 5.69 Å².